The number of carbonyl (C=O) groups excluding carboxylic acids is 2. The van der Waals surface area contributed by atoms with Crippen LogP contribution in [-0.2, 0) is 4.74 Å². The quantitative estimate of drug-likeness (QED) is 0.540. The van der Waals surface area contributed by atoms with Crippen molar-refractivity contribution in [3.8, 4) is 16.9 Å². The largest absolute Gasteiger partial charge is 0.490 e. The average molecular weight is 354 g/mol. The number of ether oxygens (including phenoxy) is 2. The van der Waals surface area contributed by atoms with Crippen LogP contribution >= 0.6 is 0 Å². The molecule has 0 aromatic heterocycles. The summed E-state index contributed by atoms with van der Waals surface area (Å²) >= 11 is 0. The van der Waals surface area contributed by atoms with Gasteiger partial charge in [0.1, 0.15) is 11.4 Å². The zero-order valence-electron chi connectivity index (χ0n) is 16.3. The fraction of sp³-hybridized carbons (Fsp3) is 0.364. The van der Waals surface area contributed by atoms with Crippen LogP contribution in [0, 0.1) is 0 Å². The Kier molecular flexibility index (Phi) is 5.86. The van der Waals surface area contributed by atoms with Gasteiger partial charge < -0.3 is 9.47 Å². The van der Waals surface area contributed by atoms with E-state index in [4.69, 9.17) is 9.47 Å². The maximum absolute atomic E-state index is 12.2. The predicted octanol–water partition coefficient (Wildman–Crippen LogP) is 5.30. The molecule has 4 nitrogen and oxygen atoms in total. The monoisotopic (exact) mass is 354 g/mol. The standard InChI is InChI=1S/C22H26O4/c1-14(2)25-20-12-11-18(15(3)23)13-19(20)16-7-9-17(10-8-16)21(24)26-22(4,5)6/h7-14H,1-6H3. The molecule has 0 N–H and O–H groups in total. The maximum Gasteiger partial charge on any atom is 0.338 e. The fourth-order valence-electron chi connectivity index (χ4n) is 2.45. The number of benzene rings is 2. The van der Waals surface area contributed by atoms with Crippen LogP contribution in [0.15, 0.2) is 42.5 Å². The Hall–Kier alpha value is -2.62. The zero-order valence-corrected chi connectivity index (χ0v) is 16.3. The third-order valence-corrected chi connectivity index (χ3v) is 3.58. The van der Waals surface area contributed by atoms with E-state index in [1.807, 2.05) is 58.9 Å². The maximum atomic E-state index is 12.2. The predicted molar refractivity (Wildman–Crippen MR) is 103 cm³/mol. The first-order chi connectivity index (χ1) is 12.1. The van der Waals surface area contributed by atoms with Gasteiger partial charge in [0.15, 0.2) is 5.78 Å². The topological polar surface area (TPSA) is 52.6 Å². The molecule has 0 spiro atoms. The zero-order chi connectivity index (χ0) is 19.5. The number of Topliss-reactive ketones (excluding diaryl/α,β-unsaturated/α-hetero) is 1. The third kappa shape index (κ3) is 5.19. The molecule has 0 saturated carbocycles. The summed E-state index contributed by atoms with van der Waals surface area (Å²) in [7, 11) is 0. The number of esters is 1. The average Bonchev–Trinajstić information content (AvgIpc) is 2.53. The van der Waals surface area contributed by atoms with E-state index < -0.39 is 5.60 Å². The van der Waals surface area contributed by atoms with E-state index in [2.05, 4.69) is 0 Å². The van der Waals surface area contributed by atoms with E-state index in [1.54, 1.807) is 18.2 Å². The van der Waals surface area contributed by atoms with Crippen LogP contribution in [0.4, 0.5) is 0 Å². The van der Waals surface area contributed by atoms with E-state index in [-0.39, 0.29) is 17.9 Å². The van der Waals surface area contributed by atoms with Crippen molar-refractivity contribution in [1.82, 2.24) is 0 Å². The number of ketones is 1. The summed E-state index contributed by atoms with van der Waals surface area (Å²) in [5.41, 5.74) is 2.26. The second-order valence-electron chi connectivity index (χ2n) is 7.51. The van der Waals surface area contributed by atoms with E-state index in [9.17, 15) is 9.59 Å². The summed E-state index contributed by atoms with van der Waals surface area (Å²) < 4.78 is 11.3. The molecule has 2 aromatic rings. The molecule has 4 heteroatoms. The Balaban J connectivity index is 2.39. The molecular formula is C22H26O4. The van der Waals surface area contributed by atoms with E-state index in [1.165, 1.54) is 6.92 Å². The van der Waals surface area contributed by atoms with Gasteiger partial charge in [-0.3, -0.25) is 4.79 Å². The molecule has 0 radical (unpaired) electrons. The summed E-state index contributed by atoms with van der Waals surface area (Å²) in [6.45, 7) is 10.9. The van der Waals surface area contributed by atoms with Crippen LogP contribution in [0.5, 0.6) is 5.75 Å². The van der Waals surface area contributed by atoms with Crippen molar-refractivity contribution in [2.24, 2.45) is 0 Å². The molecular weight excluding hydrogens is 328 g/mol. The highest BCUT2D eigenvalue weighted by atomic mass is 16.6. The highest BCUT2D eigenvalue weighted by Crippen LogP contribution is 2.32. The van der Waals surface area contributed by atoms with Crippen LogP contribution in [-0.4, -0.2) is 23.5 Å². The lowest BCUT2D eigenvalue weighted by Gasteiger charge is -2.19. The Morgan fingerprint density at radius 1 is 0.923 bits per heavy atom. The van der Waals surface area contributed by atoms with Crippen molar-refractivity contribution in [2.45, 2.75) is 53.2 Å². The summed E-state index contributed by atoms with van der Waals surface area (Å²) in [4.78, 5) is 23.9. The van der Waals surface area contributed by atoms with Gasteiger partial charge in [-0.25, -0.2) is 4.79 Å². The van der Waals surface area contributed by atoms with Gasteiger partial charge in [0, 0.05) is 11.1 Å². The van der Waals surface area contributed by atoms with Crippen molar-refractivity contribution < 1.29 is 19.1 Å². The number of rotatable bonds is 5. The first-order valence-electron chi connectivity index (χ1n) is 8.72. The minimum atomic E-state index is -0.538. The molecule has 0 aliphatic rings. The molecule has 0 atom stereocenters. The number of hydrogen-bond donors (Lipinski definition) is 0. The lowest BCUT2D eigenvalue weighted by Crippen LogP contribution is -2.23. The summed E-state index contributed by atoms with van der Waals surface area (Å²) in [5, 5.41) is 0. The molecule has 0 fully saturated rings. The minimum Gasteiger partial charge on any atom is -0.490 e. The molecule has 0 bridgehead atoms. The van der Waals surface area contributed by atoms with Crippen molar-refractivity contribution in [3.63, 3.8) is 0 Å². The van der Waals surface area contributed by atoms with Gasteiger partial charge in [0.05, 0.1) is 11.7 Å². The Labute approximate surface area is 155 Å². The van der Waals surface area contributed by atoms with Crippen LogP contribution in [0.25, 0.3) is 11.1 Å². The Bertz CT molecular complexity index is 796. The van der Waals surface area contributed by atoms with Gasteiger partial charge in [-0.2, -0.15) is 0 Å². The van der Waals surface area contributed by atoms with Gasteiger partial charge in [-0.05, 0) is 77.4 Å². The van der Waals surface area contributed by atoms with Gasteiger partial charge in [-0.15, -0.1) is 0 Å². The molecule has 0 aliphatic heterocycles. The van der Waals surface area contributed by atoms with Gasteiger partial charge in [0.25, 0.3) is 0 Å². The number of carbonyl (C=O) groups is 2. The van der Waals surface area contributed by atoms with Crippen LogP contribution in [0.3, 0.4) is 0 Å². The molecule has 2 aromatic carbocycles. The summed E-state index contributed by atoms with van der Waals surface area (Å²) in [6, 6.07) is 12.5. The second kappa shape index (κ2) is 7.73. The molecule has 0 heterocycles. The molecule has 0 amide bonds. The van der Waals surface area contributed by atoms with E-state index in [0.717, 1.165) is 11.1 Å². The van der Waals surface area contributed by atoms with E-state index >= 15 is 0 Å². The summed E-state index contributed by atoms with van der Waals surface area (Å²) in [5.74, 6) is 0.336. The first kappa shape index (κ1) is 19.7. The van der Waals surface area contributed by atoms with E-state index in [0.29, 0.717) is 16.9 Å². The lowest BCUT2D eigenvalue weighted by atomic mass is 9.99. The van der Waals surface area contributed by atoms with Crippen LogP contribution in [0.1, 0.15) is 62.3 Å². The molecule has 0 aliphatic carbocycles. The Morgan fingerprint density at radius 3 is 2.00 bits per heavy atom. The highest BCUT2D eigenvalue weighted by molar-refractivity contribution is 5.96. The molecule has 26 heavy (non-hydrogen) atoms. The second-order valence-corrected chi connectivity index (χ2v) is 7.51. The highest BCUT2D eigenvalue weighted by Gasteiger charge is 2.18. The van der Waals surface area contributed by atoms with Crippen molar-refractivity contribution in [2.75, 3.05) is 0 Å². The lowest BCUT2D eigenvalue weighted by molar-refractivity contribution is 0.00694. The van der Waals surface area contributed by atoms with Crippen molar-refractivity contribution in [3.05, 3.63) is 53.6 Å². The smallest absolute Gasteiger partial charge is 0.338 e. The molecule has 2 rings (SSSR count). The van der Waals surface area contributed by atoms with Gasteiger partial charge in [-0.1, -0.05) is 12.1 Å². The van der Waals surface area contributed by atoms with Gasteiger partial charge >= 0.3 is 5.97 Å². The first-order valence-corrected chi connectivity index (χ1v) is 8.72. The third-order valence-electron chi connectivity index (χ3n) is 3.58. The molecule has 0 saturated heterocycles. The van der Waals surface area contributed by atoms with Crippen LogP contribution < -0.4 is 4.74 Å². The van der Waals surface area contributed by atoms with Crippen molar-refractivity contribution >= 4 is 11.8 Å². The molecule has 0 unspecified atom stereocenters. The van der Waals surface area contributed by atoms with Gasteiger partial charge in [0.2, 0.25) is 0 Å². The molecule has 138 valence electrons. The summed E-state index contributed by atoms with van der Waals surface area (Å²) in [6.07, 6.45) is 0.0120. The fourth-order valence-corrected chi connectivity index (χ4v) is 2.45. The van der Waals surface area contributed by atoms with Crippen LogP contribution in [0.2, 0.25) is 0 Å². The Morgan fingerprint density at radius 2 is 1.50 bits per heavy atom. The number of hydrogen-bond acceptors (Lipinski definition) is 4. The minimum absolute atomic E-state index is 0.00674. The van der Waals surface area contributed by atoms with Crippen molar-refractivity contribution in [1.29, 1.82) is 0 Å². The normalized spacial score (nSPS) is 11.3. The SMILES string of the molecule is CC(=O)c1ccc(OC(C)C)c(-c2ccc(C(=O)OC(C)(C)C)cc2)c1.